The van der Waals surface area contributed by atoms with Crippen LogP contribution in [0, 0.1) is 0 Å². The molecule has 0 aliphatic heterocycles. The molecule has 1 atom stereocenters. The van der Waals surface area contributed by atoms with Crippen molar-refractivity contribution in [3.63, 3.8) is 0 Å². The molecule has 7 aromatic rings. The van der Waals surface area contributed by atoms with Gasteiger partial charge in [-0.05, 0) is 77.7 Å². The van der Waals surface area contributed by atoms with Crippen molar-refractivity contribution in [2.45, 2.75) is 12.3 Å². The Bertz CT molecular complexity index is 2020. The monoisotopic (exact) mass is 508 g/mol. The zero-order valence-corrected chi connectivity index (χ0v) is 22.2. The van der Waals surface area contributed by atoms with Crippen LogP contribution in [0.4, 0.5) is 0 Å². The molecule has 0 radical (unpaired) electrons. The van der Waals surface area contributed by atoms with E-state index in [0.717, 1.165) is 6.42 Å². The zero-order chi connectivity index (χ0) is 26.5. The summed E-state index contributed by atoms with van der Waals surface area (Å²) in [6.07, 6.45) is 5.64. The lowest BCUT2D eigenvalue weighted by molar-refractivity contribution is 0.834. The Labute approximate surface area is 234 Å². The first-order valence-corrected chi connectivity index (χ1v) is 14.1. The molecular formula is C40H28. The second kappa shape index (κ2) is 9.36. The molecule has 7 aromatic carbocycles. The predicted molar refractivity (Wildman–Crippen MR) is 172 cm³/mol. The molecule has 0 heterocycles. The molecule has 1 aliphatic carbocycles. The lowest BCUT2D eigenvalue weighted by Crippen LogP contribution is -2.07. The van der Waals surface area contributed by atoms with Crippen LogP contribution in [0.2, 0.25) is 0 Å². The Morgan fingerprint density at radius 3 is 1.65 bits per heavy atom. The summed E-state index contributed by atoms with van der Waals surface area (Å²) >= 11 is 0. The molecule has 0 heteroatoms. The van der Waals surface area contributed by atoms with Gasteiger partial charge in [-0.2, -0.15) is 0 Å². The minimum Gasteiger partial charge on any atom is -0.0830 e. The van der Waals surface area contributed by atoms with E-state index in [1.807, 2.05) is 0 Å². The van der Waals surface area contributed by atoms with Gasteiger partial charge in [0.05, 0.1) is 0 Å². The van der Waals surface area contributed by atoms with Gasteiger partial charge in [-0.15, -0.1) is 0 Å². The van der Waals surface area contributed by atoms with Crippen LogP contribution in [0.15, 0.2) is 146 Å². The first kappa shape index (κ1) is 23.0. The van der Waals surface area contributed by atoms with Crippen molar-refractivity contribution in [1.82, 2.24) is 0 Å². The van der Waals surface area contributed by atoms with E-state index in [1.54, 1.807) is 0 Å². The highest BCUT2D eigenvalue weighted by atomic mass is 14.3. The van der Waals surface area contributed by atoms with Gasteiger partial charge in [-0.1, -0.05) is 152 Å². The molecule has 0 nitrogen and oxygen atoms in total. The van der Waals surface area contributed by atoms with Crippen molar-refractivity contribution >= 4 is 38.4 Å². The molecule has 0 fully saturated rings. The summed E-state index contributed by atoms with van der Waals surface area (Å²) in [5, 5.41) is 7.92. The van der Waals surface area contributed by atoms with E-state index in [0.29, 0.717) is 5.92 Å². The topological polar surface area (TPSA) is 0 Å². The smallest absolute Gasteiger partial charge is 0.0142 e. The van der Waals surface area contributed by atoms with Crippen LogP contribution < -0.4 is 0 Å². The fourth-order valence-electron chi connectivity index (χ4n) is 6.93. The largest absolute Gasteiger partial charge is 0.0830 e. The average molecular weight is 509 g/mol. The van der Waals surface area contributed by atoms with Gasteiger partial charge in [0.1, 0.15) is 0 Å². The van der Waals surface area contributed by atoms with Gasteiger partial charge in [-0.3, -0.25) is 0 Å². The van der Waals surface area contributed by atoms with Gasteiger partial charge >= 0.3 is 0 Å². The average Bonchev–Trinajstić information content (AvgIpc) is 3.03. The Balaban J connectivity index is 1.47. The van der Waals surface area contributed by atoms with Gasteiger partial charge in [0.15, 0.2) is 0 Å². The molecule has 0 bridgehead atoms. The van der Waals surface area contributed by atoms with Crippen LogP contribution in [0.3, 0.4) is 0 Å². The first-order valence-electron chi connectivity index (χ1n) is 14.1. The van der Waals surface area contributed by atoms with Crippen molar-refractivity contribution < 1.29 is 0 Å². The molecule has 0 N–H and O–H groups in total. The standard InChI is InChI=1S/C40H28/c1-2-13-27(14-3-1)30-25-26-38(32-19-7-6-18-31(30)32)40-36-22-10-8-20-34(36)39(35-21-9-11-23-37(35)40)33-24-12-16-28-15-4-5-17-29(28)33/h1-23,25-26,33H,24H2. The third-order valence-corrected chi connectivity index (χ3v) is 8.64. The minimum atomic E-state index is 0.322. The zero-order valence-electron chi connectivity index (χ0n) is 22.2. The fraction of sp³-hybridized carbons (Fsp3) is 0.0500. The summed E-state index contributed by atoms with van der Waals surface area (Å²) in [4.78, 5) is 0. The van der Waals surface area contributed by atoms with Crippen molar-refractivity contribution in [2.75, 3.05) is 0 Å². The van der Waals surface area contributed by atoms with Crippen LogP contribution in [-0.2, 0) is 0 Å². The SMILES string of the molecule is C1=Cc2ccccc2C(c2c3ccccc3c(-c3ccc(-c4ccccc4)c4ccccc34)c3ccccc23)C1. The van der Waals surface area contributed by atoms with E-state index < -0.39 is 0 Å². The summed E-state index contributed by atoms with van der Waals surface area (Å²) < 4.78 is 0. The van der Waals surface area contributed by atoms with Crippen LogP contribution in [0.5, 0.6) is 0 Å². The van der Waals surface area contributed by atoms with Gasteiger partial charge in [0, 0.05) is 5.92 Å². The Morgan fingerprint density at radius 1 is 0.425 bits per heavy atom. The summed E-state index contributed by atoms with van der Waals surface area (Å²) in [5.41, 5.74) is 9.33. The number of fused-ring (bicyclic) bond motifs is 4. The normalized spacial score (nSPS) is 14.6. The van der Waals surface area contributed by atoms with Crippen molar-refractivity contribution in [3.05, 3.63) is 162 Å². The lowest BCUT2D eigenvalue weighted by Gasteiger charge is -2.27. The quantitative estimate of drug-likeness (QED) is 0.208. The van der Waals surface area contributed by atoms with Crippen molar-refractivity contribution in [1.29, 1.82) is 0 Å². The molecule has 8 rings (SSSR count). The molecule has 0 saturated carbocycles. The first-order chi connectivity index (χ1) is 19.9. The number of hydrogen-bond donors (Lipinski definition) is 0. The van der Waals surface area contributed by atoms with E-state index in [9.17, 15) is 0 Å². The molecule has 1 aliphatic rings. The molecule has 0 spiro atoms. The Morgan fingerprint density at radius 2 is 0.950 bits per heavy atom. The predicted octanol–water partition coefficient (Wildman–Crippen LogP) is 11.0. The third-order valence-electron chi connectivity index (χ3n) is 8.64. The second-order valence-corrected chi connectivity index (χ2v) is 10.8. The summed E-state index contributed by atoms with van der Waals surface area (Å²) in [7, 11) is 0. The number of rotatable bonds is 3. The maximum absolute atomic E-state index is 2.35. The molecule has 0 saturated heterocycles. The minimum absolute atomic E-state index is 0.322. The third kappa shape index (κ3) is 3.53. The molecule has 0 amide bonds. The van der Waals surface area contributed by atoms with Crippen molar-refractivity contribution in [3.8, 4) is 22.3 Å². The summed E-state index contributed by atoms with van der Waals surface area (Å²) in [6.45, 7) is 0. The van der Waals surface area contributed by atoms with E-state index in [-0.39, 0.29) is 0 Å². The van der Waals surface area contributed by atoms with Crippen molar-refractivity contribution in [2.24, 2.45) is 0 Å². The van der Waals surface area contributed by atoms with Gasteiger partial charge in [0.2, 0.25) is 0 Å². The number of allylic oxidation sites excluding steroid dienone is 1. The summed E-state index contributed by atoms with van der Waals surface area (Å²) in [6, 6.07) is 51.3. The Hall–Kier alpha value is -4.94. The second-order valence-electron chi connectivity index (χ2n) is 10.8. The summed E-state index contributed by atoms with van der Waals surface area (Å²) in [5.74, 6) is 0.322. The molecule has 1 unspecified atom stereocenters. The maximum atomic E-state index is 2.35. The van der Waals surface area contributed by atoms with E-state index in [1.165, 1.54) is 71.3 Å². The Kier molecular flexibility index (Phi) is 5.38. The molecule has 188 valence electrons. The lowest BCUT2D eigenvalue weighted by atomic mass is 9.76. The van der Waals surface area contributed by atoms with Gasteiger partial charge < -0.3 is 0 Å². The van der Waals surface area contributed by atoms with Crippen LogP contribution in [0.1, 0.15) is 29.0 Å². The van der Waals surface area contributed by atoms with Gasteiger partial charge in [0.25, 0.3) is 0 Å². The van der Waals surface area contributed by atoms with E-state index in [2.05, 4.69) is 152 Å². The highest BCUT2D eigenvalue weighted by Crippen LogP contribution is 2.48. The number of benzene rings is 7. The van der Waals surface area contributed by atoms with E-state index in [4.69, 9.17) is 0 Å². The van der Waals surface area contributed by atoms with Crippen LogP contribution >= 0.6 is 0 Å². The van der Waals surface area contributed by atoms with Crippen LogP contribution in [-0.4, -0.2) is 0 Å². The van der Waals surface area contributed by atoms with Crippen LogP contribution in [0.25, 0.3) is 60.6 Å². The molecule has 40 heavy (non-hydrogen) atoms. The van der Waals surface area contributed by atoms with E-state index >= 15 is 0 Å². The highest BCUT2D eigenvalue weighted by Gasteiger charge is 2.25. The fourth-order valence-corrected chi connectivity index (χ4v) is 6.93. The maximum Gasteiger partial charge on any atom is 0.0142 e. The molecule has 0 aromatic heterocycles. The molecular weight excluding hydrogens is 480 g/mol. The number of hydrogen-bond acceptors (Lipinski definition) is 0. The van der Waals surface area contributed by atoms with Gasteiger partial charge in [-0.25, -0.2) is 0 Å². The highest BCUT2D eigenvalue weighted by molar-refractivity contribution is 6.20.